The van der Waals surface area contributed by atoms with Crippen molar-refractivity contribution in [3.63, 3.8) is 0 Å². The van der Waals surface area contributed by atoms with Crippen molar-refractivity contribution in [2.45, 2.75) is 6.36 Å². The van der Waals surface area contributed by atoms with Crippen LogP contribution in [-0.2, 0) is 0 Å². The lowest BCUT2D eigenvalue weighted by Gasteiger charge is -2.34. The molecule has 38 heavy (non-hydrogen) atoms. The van der Waals surface area contributed by atoms with Gasteiger partial charge in [0.1, 0.15) is 5.75 Å². The number of aromatic hydroxyl groups is 1. The summed E-state index contributed by atoms with van der Waals surface area (Å²) in [6.07, 6.45) is -3.29. The van der Waals surface area contributed by atoms with E-state index in [0.29, 0.717) is 33.2 Å². The fourth-order valence-electron chi connectivity index (χ4n) is 4.45. The van der Waals surface area contributed by atoms with Crippen LogP contribution in [0.1, 0.15) is 5.56 Å². The van der Waals surface area contributed by atoms with Crippen LogP contribution in [-0.4, -0.2) is 60.8 Å². The van der Waals surface area contributed by atoms with Gasteiger partial charge in [-0.25, -0.2) is 0 Å². The summed E-state index contributed by atoms with van der Waals surface area (Å²) in [4.78, 5) is 24.0. The van der Waals surface area contributed by atoms with Gasteiger partial charge in [0.05, 0.1) is 11.3 Å². The summed E-state index contributed by atoms with van der Waals surface area (Å²) in [7, 11) is 2.11. The summed E-state index contributed by atoms with van der Waals surface area (Å²) in [5.41, 5.74) is 2.91. The van der Waals surface area contributed by atoms with Crippen molar-refractivity contribution in [1.82, 2.24) is 9.88 Å². The van der Waals surface area contributed by atoms with Crippen LogP contribution in [0.3, 0.4) is 0 Å². The van der Waals surface area contributed by atoms with Crippen LogP contribution in [0.4, 0.5) is 24.5 Å². The molecule has 0 unspecified atom stereocenters. The number of aromatic nitrogens is 1. The minimum atomic E-state index is -4.78. The zero-order valence-electron chi connectivity index (χ0n) is 20.5. The molecule has 10 heteroatoms. The Kier molecular flexibility index (Phi) is 6.81. The fraction of sp³-hybridized carbons (Fsp3) is 0.214. The van der Waals surface area contributed by atoms with Crippen molar-refractivity contribution >= 4 is 28.4 Å². The Morgan fingerprint density at radius 3 is 2.24 bits per heavy atom. The number of nitrogens with zero attached hydrogens (tertiary/aromatic N) is 3. The van der Waals surface area contributed by atoms with Crippen LogP contribution in [0.2, 0.25) is 0 Å². The van der Waals surface area contributed by atoms with E-state index in [0.717, 1.165) is 31.9 Å². The third kappa shape index (κ3) is 5.65. The second kappa shape index (κ2) is 10.2. The molecule has 0 radical (unpaired) electrons. The predicted molar refractivity (Wildman–Crippen MR) is 142 cm³/mol. The number of halogens is 3. The number of ether oxygens (including phenoxy) is 1. The third-order valence-corrected chi connectivity index (χ3v) is 6.52. The van der Waals surface area contributed by atoms with E-state index in [9.17, 15) is 23.1 Å². The number of aliphatic imine (C=N–C) groups is 1. The van der Waals surface area contributed by atoms with Gasteiger partial charge in [-0.15, -0.1) is 13.2 Å². The lowest BCUT2D eigenvalue weighted by Crippen LogP contribution is -2.44. The summed E-state index contributed by atoms with van der Waals surface area (Å²) in [5, 5.41) is 11.3. The van der Waals surface area contributed by atoms with E-state index in [4.69, 9.17) is 0 Å². The van der Waals surface area contributed by atoms with E-state index >= 15 is 0 Å². The number of aromatic amines is 1. The standard InChI is InChI=1S/C28H25F3N4O3/c1-34-12-14-35(15-13-34)21-7-5-20(6-8-21)32-17-25-24-16-19(4-11-23(24)26(36)33-27(25)37)18-2-9-22(10-3-18)38-28(29,30)31/h2-11,16-17H,12-15H2,1H3,(H2,33,36,37). The Balaban J connectivity index is 1.43. The molecule has 196 valence electrons. The summed E-state index contributed by atoms with van der Waals surface area (Å²) in [5.74, 6) is -0.658. The van der Waals surface area contributed by atoms with E-state index in [1.165, 1.54) is 30.5 Å². The first kappa shape index (κ1) is 25.3. The van der Waals surface area contributed by atoms with Crippen molar-refractivity contribution in [3.05, 3.63) is 82.6 Å². The van der Waals surface area contributed by atoms with Crippen LogP contribution in [0.15, 0.2) is 76.5 Å². The van der Waals surface area contributed by atoms with Gasteiger partial charge in [0.2, 0.25) is 5.88 Å². The molecule has 0 spiro atoms. The van der Waals surface area contributed by atoms with Gasteiger partial charge in [-0.2, -0.15) is 0 Å². The lowest BCUT2D eigenvalue weighted by atomic mass is 9.99. The van der Waals surface area contributed by atoms with Gasteiger partial charge < -0.3 is 19.6 Å². The summed E-state index contributed by atoms with van der Waals surface area (Å²) < 4.78 is 41.4. The van der Waals surface area contributed by atoms with Crippen molar-refractivity contribution in [3.8, 4) is 22.8 Å². The number of H-pyrrole nitrogens is 1. The summed E-state index contributed by atoms with van der Waals surface area (Å²) in [6, 6.07) is 18.2. The van der Waals surface area contributed by atoms with Crippen molar-refractivity contribution in [2.75, 3.05) is 38.1 Å². The molecule has 1 aliphatic rings. The molecule has 0 aliphatic carbocycles. The van der Waals surface area contributed by atoms with E-state index in [1.54, 1.807) is 18.2 Å². The van der Waals surface area contributed by atoms with Gasteiger partial charge in [0, 0.05) is 48.9 Å². The Labute approximate surface area is 216 Å². The predicted octanol–water partition coefficient (Wildman–Crippen LogP) is 5.30. The molecule has 1 aliphatic heterocycles. The van der Waals surface area contributed by atoms with Gasteiger partial charge in [0.25, 0.3) is 5.56 Å². The molecule has 2 N–H and O–H groups in total. The number of rotatable bonds is 5. The Morgan fingerprint density at radius 2 is 1.58 bits per heavy atom. The van der Waals surface area contributed by atoms with Crippen LogP contribution < -0.4 is 15.2 Å². The average molecular weight is 523 g/mol. The van der Waals surface area contributed by atoms with Gasteiger partial charge in [-0.3, -0.25) is 14.8 Å². The highest BCUT2D eigenvalue weighted by molar-refractivity contribution is 6.03. The fourth-order valence-corrected chi connectivity index (χ4v) is 4.45. The Bertz CT molecular complexity index is 1520. The maximum absolute atomic E-state index is 12.5. The van der Waals surface area contributed by atoms with Crippen LogP contribution >= 0.6 is 0 Å². The second-order valence-corrected chi connectivity index (χ2v) is 9.11. The molecule has 0 bridgehead atoms. The molecule has 1 aromatic heterocycles. The van der Waals surface area contributed by atoms with Crippen LogP contribution in [0.5, 0.6) is 11.6 Å². The number of hydrogen-bond donors (Lipinski definition) is 2. The van der Waals surface area contributed by atoms with Crippen molar-refractivity contribution in [1.29, 1.82) is 0 Å². The van der Waals surface area contributed by atoms with Crippen molar-refractivity contribution < 1.29 is 23.0 Å². The highest BCUT2D eigenvalue weighted by atomic mass is 19.4. The van der Waals surface area contributed by atoms with Gasteiger partial charge in [0.15, 0.2) is 0 Å². The average Bonchev–Trinajstić information content (AvgIpc) is 2.89. The number of benzene rings is 3. The molecule has 7 nitrogen and oxygen atoms in total. The smallest absolute Gasteiger partial charge is 0.494 e. The maximum Gasteiger partial charge on any atom is 0.573 e. The molecule has 0 atom stereocenters. The number of hydrogen-bond acceptors (Lipinski definition) is 6. The lowest BCUT2D eigenvalue weighted by molar-refractivity contribution is -0.274. The number of nitrogens with one attached hydrogen (secondary N) is 1. The number of likely N-dealkylation sites (N-methyl/N-ethyl adjacent to an activating group) is 1. The number of fused-ring (bicyclic) bond motifs is 1. The molecular weight excluding hydrogens is 497 g/mol. The minimum absolute atomic E-state index is 0.321. The first-order valence-electron chi connectivity index (χ1n) is 12.0. The highest BCUT2D eigenvalue weighted by Crippen LogP contribution is 2.30. The van der Waals surface area contributed by atoms with Gasteiger partial charge in [-0.1, -0.05) is 18.2 Å². The Morgan fingerprint density at radius 1 is 0.921 bits per heavy atom. The van der Waals surface area contributed by atoms with Crippen molar-refractivity contribution in [2.24, 2.45) is 4.99 Å². The monoisotopic (exact) mass is 522 g/mol. The number of alkyl halides is 3. The Hall–Kier alpha value is -4.31. The SMILES string of the molecule is CN1CCN(c2ccc(N=Cc3c(O)[nH]c(=O)c4ccc(-c5ccc(OC(F)(F)F)cc5)cc34)cc2)CC1. The first-order valence-corrected chi connectivity index (χ1v) is 12.0. The third-order valence-electron chi connectivity index (χ3n) is 6.52. The topological polar surface area (TPSA) is 81.2 Å². The summed E-state index contributed by atoms with van der Waals surface area (Å²) >= 11 is 0. The number of pyridine rings is 1. The molecule has 2 heterocycles. The quantitative estimate of drug-likeness (QED) is 0.348. The van der Waals surface area contributed by atoms with E-state index in [1.807, 2.05) is 24.3 Å². The summed E-state index contributed by atoms with van der Waals surface area (Å²) in [6.45, 7) is 3.92. The maximum atomic E-state index is 12.5. The van der Waals surface area contributed by atoms with E-state index < -0.39 is 11.9 Å². The normalized spacial score (nSPS) is 14.9. The zero-order chi connectivity index (χ0) is 26.9. The molecule has 1 saturated heterocycles. The highest BCUT2D eigenvalue weighted by Gasteiger charge is 2.31. The minimum Gasteiger partial charge on any atom is -0.494 e. The first-order chi connectivity index (χ1) is 18.2. The molecule has 0 saturated carbocycles. The molecule has 0 amide bonds. The zero-order valence-corrected chi connectivity index (χ0v) is 20.5. The number of anilines is 1. The number of piperazine rings is 1. The largest absolute Gasteiger partial charge is 0.573 e. The van der Waals surface area contributed by atoms with Gasteiger partial charge in [-0.05, 0) is 66.7 Å². The molecule has 5 rings (SSSR count). The van der Waals surface area contributed by atoms with Gasteiger partial charge >= 0.3 is 6.36 Å². The van der Waals surface area contributed by atoms with E-state index in [-0.39, 0.29) is 11.6 Å². The van der Waals surface area contributed by atoms with Crippen LogP contribution in [0.25, 0.3) is 21.9 Å². The molecule has 3 aromatic carbocycles. The molecule has 1 fully saturated rings. The van der Waals surface area contributed by atoms with E-state index in [2.05, 4.69) is 31.6 Å². The second-order valence-electron chi connectivity index (χ2n) is 9.11. The van der Waals surface area contributed by atoms with Crippen LogP contribution in [0, 0.1) is 0 Å². The molecule has 4 aromatic rings. The molecular formula is C28H25F3N4O3.